The van der Waals surface area contributed by atoms with Crippen LogP contribution in [0, 0.1) is 0 Å². The summed E-state index contributed by atoms with van der Waals surface area (Å²) in [6.07, 6.45) is 1.78. The Morgan fingerprint density at radius 1 is 1.52 bits per heavy atom. The van der Waals surface area contributed by atoms with E-state index in [-0.39, 0.29) is 17.9 Å². The van der Waals surface area contributed by atoms with E-state index >= 15 is 0 Å². The van der Waals surface area contributed by atoms with Crippen LogP contribution in [0.4, 0.5) is 0 Å². The molecule has 1 saturated heterocycles. The second-order valence-electron chi connectivity index (χ2n) is 5.82. The van der Waals surface area contributed by atoms with E-state index in [9.17, 15) is 4.79 Å². The molecule has 1 aliphatic heterocycles. The lowest BCUT2D eigenvalue weighted by Gasteiger charge is -2.31. The van der Waals surface area contributed by atoms with Gasteiger partial charge in [-0.05, 0) is 0 Å². The highest BCUT2D eigenvalue weighted by Crippen LogP contribution is 2.24. The van der Waals surface area contributed by atoms with Gasteiger partial charge in [0.2, 0.25) is 0 Å². The van der Waals surface area contributed by atoms with Crippen LogP contribution in [0.5, 0.6) is 0 Å². The number of H-pyrrole nitrogens is 1. The van der Waals surface area contributed by atoms with Crippen LogP contribution in [0.2, 0.25) is 0 Å². The van der Waals surface area contributed by atoms with Gasteiger partial charge >= 0.3 is 0 Å². The van der Waals surface area contributed by atoms with Gasteiger partial charge in [-0.3, -0.25) is 9.89 Å². The first kappa shape index (κ1) is 15.7. The Morgan fingerprint density at radius 2 is 2.35 bits per heavy atom. The smallest absolute Gasteiger partial charge is 0.276 e. The van der Waals surface area contributed by atoms with E-state index in [0.717, 1.165) is 12.2 Å². The van der Waals surface area contributed by atoms with Crippen molar-refractivity contribution in [2.75, 3.05) is 19.7 Å². The zero-order valence-corrected chi connectivity index (χ0v) is 13.6. The number of hydrogen-bond acceptors (Lipinski definition) is 6. The monoisotopic (exact) mass is 319 g/mol. The fourth-order valence-corrected chi connectivity index (χ4v) is 2.58. The van der Waals surface area contributed by atoms with Crippen LogP contribution in [0.15, 0.2) is 10.8 Å². The van der Waals surface area contributed by atoms with Crippen LogP contribution in [-0.2, 0) is 11.2 Å². The molecule has 3 rings (SSSR count). The lowest BCUT2D eigenvalue weighted by Crippen LogP contribution is -2.43. The molecule has 0 radical (unpaired) electrons. The number of aryl methyl sites for hydroxylation is 1. The predicted octanol–water partition coefficient (Wildman–Crippen LogP) is 1.69. The van der Waals surface area contributed by atoms with Gasteiger partial charge in [-0.25, -0.2) is 9.97 Å². The highest BCUT2D eigenvalue weighted by atomic mass is 16.5. The number of aromatic amines is 1. The van der Waals surface area contributed by atoms with Crippen molar-refractivity contribution >= 4 is 5.91 Å². The fraction of sp³-hybridized carbons (Fsp3) is 0.600. The molecule has 124 valence electrons. The second-order valence-corrected chi connectivity index (χ2v) is 5.82. The van der Waals surface area contributed by atoms with E-state index in [1.54, 1.807) is 4.90 Å². The number of hydrogen-bond donors (Lipinski definition) is 1. The Balaban J connectivity index is 1.75. The number of amides is 1. The van der Waals surface area contributed by atoms with Gasteiger partial charge in [0.05, 0.1) is 13.2 Å². The first-order chi connectivity index (χ1) is 11.1. The number of carbonyl (C=O) groups is 1. The number of nitrogens with zero attached hydrogens (tertiary/aromatic N) is 4. The summed E-state index contributed by atoms with van der Waals surface area (Å²) in [4.78, 5) is 22.9. The summed E-state index contributed by atoms with van der Waals surface area (Å²) in [6.45, 7) is 7.31. The van der Waals surface area contributed by atoms with Gasteiger partial charge < -0.3 is 14.1 Å². The molecule has 0 aromatic carbocycles. The summed E-state index contributed by atoms with van der Waals surface area (Å²) in [5.41, 5.74) is 0.380. The van der Waals surface area contributed by atoms with Gasteiger partial charge in [-0.1, -0.05) is 20.8 Å². The van der Waals surface area contributed by atoms with Crippen molar-refractivity contribution in [2.24, 2.45) is 0 Å². The fourth-order valence-electron chi connectivity index (χ4n) is 2.58. The number of carbonyl (C=O) groups excluding carboxylic acids is 1. The number of aromatic nitrogens is 4. The number of nitrogens with one attached hydrogen (secondary N) is 1. The molecule has 1 fully saturated rings. The summed E-state index contributed by atoms with van der Waals surface area (Å²) in [5, 5.41) is 7.06. The quantitative estimate of drug-likeness (QED) is 0.921. The van der Waals surface area contributed by atoms with Crippen molar-refractivity contribution < 1.29 is 13.9 Å². The molecule has 0 spiro atoms. The van der Waals surface area contributed by atoms with Crippen molar-refractivity contribution in [2.45, 2.75) is 39.2 Å². The highest BCUT2D eigenvalue weighted by molar-refractivity contribution is 5.93. The van der Waals surface area contributed by atoms with Gasteiger partial charge in [0.1, 0.15) is 17.7 Å². The molecular formula is C15H21N5O3. The molecule has 3 heterocycles. The minimum atomic E-state index is -0.321. The van der Waals surface area contributed by atoms with Crippen molar-refractivity contribution in [1.82, 2.24) is 25.1 Å². The Morgan fingerprint density at radius 3 is 3.04 bits per heavy atom. The highest BCUT2D eigenvalue weighted by Gasteiger charge is 2.31. The molecule has 0 saturated carbocycles. The van der Waals surface area contributed by atoms with Gasteiger partial charge in [0.25, 0.3) is 5.91 Å². The third-order valence-corrected chi connectivity index (χ3v) is 3.85. The van der Waals surface area contributed by atoms with Crippen molar-refractivity contribution in [3.8, 4) is 0 Å². The molecule has 1 N–H and O–H groups in total. The minimum absolute atomic E-state index is 0.105. The zero-order chi connectivity index (χ0) is 16.4. The molecule has 1 amide bonds. The molecular weight excluding hydrogens is 298 g/mol. The zero-order valence-electron chi connectivity index (χ0n) is 13.6. The third-order valence-electron chi connectivity index (χ3n) is 3.85. The van der Waals surface area contributed by atoms with Crippen molar-refractivity contribution in [3.05, 3.63) is 29.5 Å². The average molecular weight is 319 g/mol. The molecule has 23 heavy (non-hydrogen) atoms. The van der Waals surface area contributed by atoms with Crippen molar-refractivity contribution in [3.63, 3.8) is 0 Å². The maximum atomic E-state index is 12.7. The molecule has 0 aliphatic carbocycles. The van der Waals surface area contributed by atoms with Crippen LogP contribution in [0.25, 0.3) is 0 Å². The maximum absolute atomic E-state index is 12.7. The van der Waals surface area contributed by atoms with Gasteiger partial charge in [0, 0.05) is 18.9 Å². The van der Waals surface area contributed by atoms with E-state index < -0.39 is 0 Å². The molecule has 1 atom stereocenters. The SMILES string of the molecule is CCc1nc([C@H]2CN(C(=O)c3ncoc3C(C)C)CCO2)n[nH]1. The molecule has 2 aromatic rings. The van der Waals surface area contributed by atoms with Crippen molar-refractivity contribution in [1.29, 1.82) is 0 Å². The number of ether oxygens (including phenoxy) is 1. The average Bonchev–Trinajstić information content (AvgIpc) is 3.23. The maximum Gasteiger partial charge on any atom is 0.276 e. The molecule has 2 aromatic heterocycles. The third kappa shape index (κ3) is 3.12. The van der Waals surface area contributed by atoms with Gasteiger partial charge in [-0.2, -0.15) is 5.10 Å². The first-order valence-electron chi connectivity index (χ1n) is 7.85. The second kappa shape index (κ2) is 6.49. The predicted molar refractivity (Wildman–Crippen MR) is 80.9 cm³/mol. The Labute approximate surface area is 134 Å². The van der Waals surface area contributed by atoms with E-state index in [1.807, 2.05) is 20.8 Å². The molecule has 8 heteroatoms. The lowest BCUT2D eigenvalue weighted by molar-refractivity contribution is -0.0269. The normalized spacial score (nSPS) is 18.6. The summed E-state index contributed by atoms with van der Waals surface area (Å²) in [7, 11) is 0. The van der Waals surface area contributed by atoms with E-state index in [4.69, 9.17) is 9.15 Å². The lowest BCUT2D eigenvalue weighted by atomic mass is 10.1. The molecule has 0 bridgehead atoms. The minimum Gasteiger partial charge on any atom is -0.447 e. The van der Waals surface area contributed by atoms with E-state index in [1.165, 1.54) is 6.39 Å². The van der Waals surface area contributed by atoms with Crippen LogP contribution >= 0.6 is 0 Å². The van der Waals surface area contributed by atoms with Crippen LogP contribution in [0.3, 0.4) is 0 Å². The largest absolute Gasteiger partial charge is 0.447 e. The Bertz CT molecular complexity index is 678. The van der Waals surface area contributed by atoms with Gasteiger partial charge in [0.15, 0.2) is 17.9 Å². The molecule has 8 nitrogen and oxygen atoms in total. The summed E-state index contributed by atoms with van der Waals surface area (Å²) in [5.74, 6) is 1.98. The first-order valence-corrected chi connectivity index (χ1v) is 7.85. The molecule has 1 aliphatic rings. The van der Waals surface area contributed by atoms with E-state index in [2.05, 4.69) is 20.2 Å². The number of morpholine rings is 1. The molecule has 0 unspecified atom stereocenters. The number of rotatable bonds is 4. The Kier molecular flexibility index (Phi) is 4.42. The van der Waals surface area contributed by atoms with E-state index in [0.29, 0.717) is 37.0 Å². The Hall–Kier alpha value is -2.22. The summed E-state index contributed by atoms with van der Waals surface area (Å²) >= 11 is 0. The van der Waals surface area contributed by atoms with Crippen LogP contribution in [0.1, 0.15) is 60.7 Å². The topological polar surface area (TPSA) is 97.1 Å². The van der Waals surface area contributed by atoms with Gasteiger partial charge in [-0.15, -0.1) is 0 Å². The van der Waals surface area contributed by atoms with Crippen LogP contribution < -0.4 is 0 Å². The summed E-state index contributed by atoms with van der Waals surface area (Å²) in [6, 6.07) is 0. The standard InChI is InChI=1S/C15H21N5O3/c1-4-11-17-14(19-18-11)10-7-20(5-6-22-10)15(21)12-13(9(2)3)23-8-16-12/h8-10H,4-7H2,1-3H3,(H,17,18,19)/t10-/m1/s1. The number of oxazole rings is 1. The summed E-state index contributed by atoms with van der Waals surface area (Å²) < 4.78 is 11.1. The van der Waals surface area contributed by atoms with Crippen LogP contribution in [-0.4, -0.2) is 50.7 Å².